The van der Waals surface area contributed by atoms with Crippen LogP contribution in [0.4, 0.5) is 0 Å². The predicted octanol–water partition coefficient (Wildman–Crippen LogP) is -1.02. The molecule has 0 bridgehead atoms. The van der Waals surface area contributed by atoms with Gasteiger partial charge in [-0.25, -0.2) is 9.78 Å². The standard InChI is InChI=1S/C29H35N7O8/c30-21(11-16-1-5-19(37)6-2-16)26(40)34-22(9-10-25(31)39)27(41)35-23(13-18-14-32-15-33-18)28(42)36-24(29(43)44)12-17-3-7-20(38)8-4-17/h1-8,14-15,21-24,37-38H,9-13,30H2,(H2,31,39)(H,32,33)(H,34,40)(H,35,41)(H,36,42)(H,43,44). The van der Waals surface area contributed by atoms with E-state index in [1.54, 1.807) is 12.1 Å². The smallest absolute Gasteiger partial charge is 0.326 e. The number of aromatic nitrogens is 2. The molecule has 4 unspecified atom stereocenters. The van der Waals surface area contributed by atoms with Gasteiger partial charge in [0.1, 0.15) is 29.6 Å². The molecule has 2 aromatic carbocycles. The summed E-state index contributed by atoms with van der Waals surface area (Å²) < 4.78 is 0. The zero-order valence-electron chi connectivity index (χ0n) is 23.6. The van der Waals surface area contributed by atoms with Crippen molar-refractivity contribution in [3.63, 3.8) is 0 Å². The first-order valence-corrected chi connectivity index (χ1v) is 13.6. The third-order valence-electron chi connectivity index (χ3n) is 6.64. The van der Waals surface area contributed by atoms with Gasteiger partial charge in [-0.2, -0.15) is 0 Å². The molecule has 0 saturated heterocycles. The van der Waals surface area contributed by atoms with Gasteiger partial charge in [-0.1, -0.05) is 24.3 Å². The number of benzene rings is 2. The molecule has 0 aliphatic rings. The van der Waals surface area contributed by atoms with Crippen LogP contribution in [0.2, 0.25) is 0 Å². The highest BCUT2D eigenvalue weighted by Crippen LogP contribution is 2.13. The van der Waals surface area contributed by atoms with Gasteiger partial charge in [-0.3, -0.25) is 19.2 Å². The Morgan fingerprint density at radius 3 is 1.80 bits per heavy atom. The zero-order chi connectivity index (χ0) is 32.2. The number of imidazole rings is 1. The number of nitrogens with zero attached hydrogens (tertiary/aromatic N) is 1. The monoisotopic (exact) mass is 609 g/mol. The van der Waals surface area contributed by atoms with Crippen LogP contribution in [0.1, 0.15) is 29.7 Å². The molecular formula is C29H35N7O8. The van der Waals surface area contributed by atoms with Gasteiger partial charge >= 0.3 is 5.97 Å². The maximum atomic E-state index is 13.4. The number of amides is 4. The second-order valence-corrected chi connectivity index (χ2v) is 10.2. The van der Waals surface area contributed by atoms with Gasteiger partial charge in [-0.05, 0) is 48.2 Å². The summed E-state index contributed by atoms with van der Waals surface area (Å²) in [6, 6.07) is 6.74. The number of nitrogens with one attached hydrogen (secondary N) is 4. The number of carbonyl (C=O) groups excluding carboxylic acids is 4. The summed E-state index contributed by atoms with van der Waals surface area (Å²) in [7, 11) is 0. The van der Waals surface area contributed by atoms with Crippen molar-refractivity contribution in [1.29, 1.82) is 0 Å². The van der Waals surface area contributed by atoms with Gasteiger partial charge in [0.25, 0.3) is 0 Å². The number of hydrogen-bond donors (Lipinski definition) is 9. The fraction of sp³-hybridized carbons (Fsp3) is 0.310. The minimum atomic E-state index is -1.38. The summed E-state index contributed by atoms with van der Waals surface area (Å²) in [5.74, 6) is -4.39. The number of rotatable bonds is 16. The number of hydrogen-bond acceptors (Lipinski definition) is 9. The highest BCUT2D eigenvalue weighted by atomic mass is 16.4. The number of aromatic amines is 1. The average Bonchev–Trinajstić information content (AvgIpc) is 3.49. The molecule has 15 nitrogen and oxygen atoms in total. The highest BCUT2D eigenvalue weighted by Gasteiger charge is 2.31. The number of phenolic OH excluding ortho intramolecular Hbond substituents is 2. The molecule has 11 N–H and O–H groups in total. The van der Waals surface area contributed by atoms with Crippen LogP contribution in [-0.2, 0) is 43.2 Å². The molecular weight excluding hydrogens is 574 g/mol. The summed E-state index contributed by atoms with van der Waals surface area (Å²) in [5, 5.41) is 36.2. The van der Waals surface area contributed by atoms with E-state index in [0.717, 1.165) is 0 Å². The Morgan fingerprint density at radius 2 is 1.27 bits per heavy atom. The van der Waals surface area contributed by atoms with Crippen LogP contribution in [0, 0.1) is 0 Å². The maximum absolute atomic E-state index is 13.4. The van der Waals surface area contributed by atoms with Crippen LogP contribution in [-0.4, -0.2) is 79.1 Å². The van der Waals surface area contributed by atoms with Crippen LogP contribution >= 0.6 is 0 Å². The third-order valence-corrected chi connectivity index (χ3v) is 6.64. The molecule has 0 saturated carbocycles. The second kappa shape index (κ2) is 15.7. The number of nitrogens with two attached hydrogens (primary N) is 2. The maximum Gasteiger partial charge on any atom is 0.326 e. The minimum absolute atomic E-state index is 0.00807. The molecule has 4 amide bonds. The molecule has 3 rings (SSSR count). The lowest BCUT2D eigenvalue weighted by Gasteiger charge is -2.25. The van der Waals surface area contributed by atoms with Gasteiger partial charge in [0, 0.05) is 31.2 Å². The van der Waals surface area contributed by atoms with Crippen molar-refractivity contribution in [3.8, 4) is 11.5 Å². The van der Waals surface area contributed by atoms with Crippen molar-refractivity contribution in [2.24, 2.45) is 11.5 Å². The molecule has 0 spiro atoms. The van der Waals surface area contributed by atoms with Crippen LogP contribution < -0.4 is 27.4 Å². The molecule has 0 fully saturated rings. The van der Waals surface area contributed by atoms with Crippen LogP contribution in [0.15, 0.2) is 61.1 Å². The van der Waals surface area contributed by atoms with Gasteiger partial charge in [-0.15, -0.1) is 0 Å². The van der Waals surface area contributed by atoms with Gasteiger partial charge in [0.15, 0.2) is 0 Å². The average molecular weight is 610 g/mol. The van der Waals surface area contributed by atoms with Crippen molar-refractivity contribution in [3.05, 3.63) is 77.9 Å². The van der Waals surface area contributed by atoms with Crippen LogP contribution in [0.25, 0.3) is 0 Å². The molecule has 44 heavy (non-hydrogen) atoms. The predicted molar refractivity (Wildman–Crippen MR) is 156 cm³/mol. The Bertz CT molecular complexity index is 1430. The number of aromatic hydroxyl groups is 2. The van der Waals surface area contributed by atoms with E-state index in [-0.39, 0.29) is 43.6 Å². The van der Waals surface area contributed by atoms with Gasteiger partial charge < -0.3 is 47.7 Å². The van der Waals surface area contributed by atoms with E-state index in [2.05, 4.69) is 25.9 Å². The number of carboxylic acid groups (broad SMARTS) is 1. The molecule has 0 aliphatic heterocycles. The summed E-state index contributed by atoms with van der Waals surface area (Å²) in [4.78, 5) is 69.8. The Labute approximate surface area is 252 Å². The normalized spacial score (nSPS) is 13.6. The Hall–Kier alpha value is -5.44. The molecule has 1 heterocycles. The summed E-state index contributed by atoms with van der Waals surface area (Å²) in [6.07, 6.45) is 2.18. The van der Waals surface area contributed by atoms with Crippen LogP contribution in [0.5, 0.6) is 11.5 Å². The summed E-state index contributed by atoms with van der Waals surface area (Å²) in [6.45, 7) is 0. The molecule has 0 aliphatic carbocycles. The van der Waals surface area contributed by atoms with E-state index >= 15 is 0 Å². The summed E-state index contributed by atoms with van der Waals surface area (Å²) >= 11 is 0. The molecule has 0 radical (unpaired) electrons. The SMILES string of the molecule is NC(=O)CCC(NC(=O)C(N)Cc1ccc(O)cc1)C(=O)NC(Cc1cnc[nH]1)C(=O)NC(Cc1ccc(O)cc1)C(=O)O. The first kappa shape index (κ1) is 33.1. The van der Waals surface area contributed by atoms with E-state index in [4.69, 9.17) is 11.5 Å². The number of phenols is 2. The Morgan fingerprint density at radius 1 is 0.750 bits per heavy atom. The number of aliphatic carboxylic acids is 1. The molecule has 15 heteroatoms. The highest BCUT2D eigenvalue weighted by molar-refractivity contribution is 5.94. The van der Waals surface area contributed by atoms with Crippen molar-refractivity contribution in [2.75, 3.05) is 0 Å². The first-order valence-electron chi connectivity index (χ1n) is 13.6. The van der Waals surface area contributed by atoms with E-state index < -0.39 is 53.8 Å². The van der Waals surface area contributed by atoms with Crippen molar-refractivity contribution in [2.45, 2.75) is 56.3 Å². The largest absolute Gasteiger partial charge is 0.508 e. The fourth-order valence-electron chi connectivity index (χ4n) is 4.25. The molecule has 1 aromatic heterocycles. The van der Waals surface area contributed by atoms with Gasteiger partial charge in [0.2, 0.25) is 23.6 Å². The Balaban J connectivity index is 1.75. The first-order chi connectivity index (χ1) is 20.9. The lowest BCUT2D eigenvalue weighted by Crippen LogP contribution is -2.58. The fourth-order valence-corrected chi connectivity index (χ4v) is 4.25. The summed E-state index contributed by atoms with van der Waals surface area (Å²) in [5.41, 5.74) is 12.9. The second-order valence-electron chi connectivity index (χ2n) is 10.2. The lowest BCUT2D eigenvalue weighted by molar-refractivity contribution is -0.142. The Kier molecular flexibility index (Phi) is 11.8. The zero-order valence-corrected chi connectivity index (χ0v) is 23.6. The number of H-pyrrole nitrogens is 1. The minimum Gasteiger partial charge on any atom is -0.508 e. The van der Waals surface area contributed by atoms with E-state index in [1.165, 1.54) is 48.9 Å². The van der Waals surface area contributed by atoms with E-state index in [0.29, 0.717) is 16.8 Å². The third kappa shape index (κ3) is 10.4. The quantitative estimate of drug-likeness (QED) is 0.0954. The number of carboxylic acids is 1. The van der Waals surface area contributed by atoms with E-state index in [9.17, 15) is 39.3 Å². The van der Waals surface area contributed by atoms with Crippen LogP contribution in [0.3, 0.4) is 0 Å². The molecule has 4 atom stereocenters. The van der Waals surface area contributed by atoms with E-state index in [1.807, 2.05) is 0 Å². The van der Waals surface area contributed by atoms with Gasteiger partial charge in [0.05, 0.1) is 12.4 Å². The van der Waals surface area contributed by atoms with Crippen molar-refractivity contribution < 1.29 is 39.3 Å². The molecule has 234 valence electrons. The number of carbonyl (C=O) groups is 5. The molecule has 3 aromatic rings. The van der Waals surface area contributed by atoms with Crippen molar-refractivity contribution >= 4 is 29.6 Å². The van der Waals surface area contributed by atoms with Crippen molar-refractivity contribution in [1.82, 2.24) is 25.9 Å². The lowest BCUT2D eigenvalue weighted by atomic mass is 10.0. The topological polar surface area (TPSA) is 263 Å². The number of primary amides is 1.